The Morgan fingerprint density at radius 2 is 2.10 bits per heavy atom. The zero-order valence-corrected chi connectivity index (χ0v) is 11.7. The number of nitrogens with zero attached hydrogens (tertiary/aromatic N) is 1. The van der Waals surface area contributed by atoms with E-state index in [1.54, 1.807) is 6.07 Å². The lowest BCUT2D eigenvalue weighted by molar-refractivity contribution is -0.138. The highest BCUT2D eigenvalue weighted by Crippen LogP contribution is 2.48. The Bertz CT molecular complexity index is 551. The van der Waals surface area contributed by atoms with Gasteiger partial charge < -0.3 is 16.3 Å². The molecule has 1 aromatic rings. The number of oxime groups is 1. The van der Waals surface area contributed by atoms with E-state index in [1.807, 2.05) is 0 Å². The van der Waals surface area contributed by atoms with Crippen LogP contribution >= 0.6 is 0 Å². The number of rotatable bonds is 5. The van der Waals surface area contributed by atoms with E-state index in [9.17, 15) is 13.2 Å². The molecule has 0 spiro atoms. The quantitative estimate of drug-likeness (QED) is 0.338. The molecule has 0 aromatic heterocycles. The van der Waals surface area contributed by atoms with E-state index >= 15 is 0 Å². The maximum absolute atomic E-state index is 12.8. The second-order valence-electron chi connectivity index (χ2n) is 5.65. The van der Waals surface area contributed by atoms with Crippen LogP contribution in [0.1, 0.15) is 30.4 Å². The largest absolute Gasteiger partial charge is 0.416 e. The first-order chi connectivity index (χ1) is 9.76. The average Bonchev–Trinajstić information content (AvgIpc) is 3.16. The number of halogens is 3. The molecule has 21 heavy (non-hydrogen) atoms. The normalized spacial score (nSPS) is 17.6. The maximum atomic E-state index is 12.8. The minimum atomic E-state index is -4.35. The summed E-state index contributed by atoms with van der Waals surface area (Å²) in [5.41, 5.74) is 5.38. The molecule has 116 valence electrons. The molecule has 0 amide bonds. The van der Waals surface area contributed by atoms with Crippen LogP contribution in [-0.4, -0.2) is 17.6 Å². The van der Waals surface area contributed by atoms with Crippen LogP contribution in [0.2, 0.25) is 0 Å². The monoisotopic (exact) mass is 301 g/mol. The summed E-state index contributed by atoms with van der Waals surface area (Å²) >= 11 is 0. The molecule has 0 bridgehead atoms. The zero-order valence-electron chi connectivity index (χ0n) is 11.7. The van der Waals surface area contributed by atoms with Gasteiger partial charge in [0.15, 0.2) is 0 Å². The third kappa shape index (κ3) is 3.80. The second kappa shape index (κ2) is 5.46. The molecule has 0 saturated heterocycles. The summed E-state index contributed by atoms with van der Waals surface area (Å²) in [5.74, 6) is 0.147. The number of amidine groups is 1. The molecule has 1 fully saturated rings. The van der Waals surface area contributed by atoms with E-state index in [2.05, 4.69) is 10.5 Å². The minimum Gasteiger partial charge on any atom is -0.409 e. The fourth-order valence-corrected chi connectivity index (χ4v) is 2.34. The molecule has 1 saturated carbocycles. The van der Waals surface area contributed by atoms with Crippen molar-refractivity contribution in [2.24, 2.45) is 16.3 Å². The van der Waals surface area contributed by atoms with E-state index in [0.29, 0.717) is 18.7 Å². The summed E-state index contributed by atoms with van der Waals surface area (Å²) in [6, 6.07) is 4.20. The molecule has 0 aliphatic heterocycles. The number of nitrogens with one attached hydrogen (secondary N) is 1. The summed E-state index contributed by atoms with van der Waals surface area (Å²) in [5, 5.41) is 14.6. The van der Waals surface area contributed by atoms with E-state index < -0.39 is 11.7 Å². The minimum absolute atomic E-state index is 0.112. The van der Waals surface area contributed by atoms with Gasteiger partial charge in [0.05, 0.1) is 5.56 Å². The fourth-order valence-electron chi connectivity index (χ4n) is 2.34. The fraction of sp³-hybridized carbons (Fsp3) is 0.500. The number of anilines is 1. The number of nitrogens with two attached hydrogens (primary N) is 1. The van der Waals surface area contributed by atoms with Crippen molar-refractivity contribution in [2.45, 2.75) is 32.4 Å². The topological polar surface area (TPSA) is 70.6 Å². The molecule has 0 atom stereocenters. The van der Waals surface area contributed by atoms with Gasteiger partial charge in [-0.15, -0.1) is 0 Å². The summed E-state index contributed by atoms with van der Waals surface area (Å²) in [4.78, 5) is 0. The predicted octanol–water partition coefficient (Wildman–Crippen LogP) is 3.34. The van der Waals surface area contributed by atoms with Crippen LogP contribution in [0.15, 0.2) is 23.4 Å². The van der Waals surface area contributed by atoms with Crippen LogP contribution in [0, 0.1) is 12.3 Å². The van der Waals surface area contributed by atoms with Gasteiger partial charge in [-0.3, -0.25) is 0 Å². The molecule has 0 heterocycles. The van der Waals surface area contributed by atoms with E-state index in [0.717, 1.165) is 18.9 Å². The van der Waals surface area contributed by atoms with Crippen LogP contribution in [0.4, 0.5) is 18.9 Å². The van der Waals surface area contributed by atoms with Crippen LogP contribution in [0.3, 0.4) is 0 Å². The van der Waals surface area contributed by atoms with E-state index in [4.69, 9.17) is 10.9 Å². The average molecular weight is 301 g/mol. The number of alkyl halides is 3. The Hall–Kier alpha value is -1.92. The Labute approximate surface area is 120 Å². The molecule has 1 aromatic carbocycles. The number of benzene rings is 1. The number of aryl methyl sites for hydroxylation is 1. The molecule has 1 aliphatic carbocycles. The lowest BCUT2D eigenvalue weighted by Gasteiger charge is -2.18. The van der Waals surface area contributed by atoms with Gasteiger partial charge in [-0.1, -0.05) is 11.2 Å². The molecule has 0 radical (unpaired) electrons. The van der Waals surface area contributed by atoms with Crippen LogP contribution in [-0.2, 0) is 6.18 Å². The smallest absolute Gasteiger partial charge is 0.409 e. The van der Waals surface area contributed by atoms with Gasteiger partial charge >= 0.3 is 6.18 Å². The van der Waals surface area contributed by atoms with Crippen molar-refractivity contribution in [3.8, 4) is 0 Å². The SMILES string of the molecule is Cc1ccc(NCC2(CC(N)=NO)CC2)cc1C(F)(F)F. The molecule has 0 unspecified atom stereocenters. The zero-order chi connectivity index (χ0) is 15.7. The second-order valence-corrected chi connectivity index (χ2v) is 5.65. The molecule has 7 heteroatoms. The first-order valence-corrected chi connectivity index (χ1v) is 6.64. The van der Waals surface area contributed by atoms with Crippen molar-refractivity contribution in [3.05, 3.63) is 29.3 Å². The maximum Gasteiger partial charge on any atom is 0.416 e. The molecular formula is C14H18F3N3O. The first-order valence-electron chi connectivity index (χ1n) is 6.64. The molecule has 4 nitrogen and oxygen atoms in total. The standard InChI is InChI=1S/C14H18F3N3O/c1-9-2-3-10(6-11(9)14(15,16)17)19-8-13(4-5-13)7-12(18)20-21/h2-3,6,19,21H,4-5,7-8H2,1H3,(H2,18,20). The Balaban J connectivity index is 2.04. The Morgan fingerprint density at radius 1 is 1.43 bits per heavy atom. The number of hydrogen-bond acceptors (Lipinski definition) is 3. The van der Waals surface area contributed by atoms with Crippen LogP contribution in [0.5, 0.6) is 0 Å². The van der Waals surface area contributed by atoms with Crippen LogP contribution < -0.4 is 11.1 Å². The highest BCUT2D eigenvalue weighted by Gasteiger charge is 2.43. The molecule has 4 N–H and O–H groups in total. The third-order valence-corrected chi connectivity index (χ3v) is 3.85. The first kappa shape index (κ1) is 15.5. The highest BCUT2D eigenvalue weighted by molar-refractivity contribution is 5.80. The van der Waals surface area contributed by atoms with Crippen molar-refractivity contribution >= 4 is 11.5 Å². The van der Waals surface area contributed by atoms with E-state index in [-0.39, 0.29) is 16.8 Å². The highest BCUT2D eigenvalue weighted by atomic mass is 19.4. The molecular weight excluding hydrogens is 283 g/mol. The predicted molar refractivity (Wildman–Crippen MR) is 74.4 cm³/mol. The Morgan fingerprint density at radius 3 is 2.62 bits per heavy atom. The molecule has 2 rings (SSSR count). The van der Waals surface area contributed by atoms with Crippen molar-refractivity contribution in [1.82, 2.24) is 0 Å². The Kier molecular flexibility index (Phi) is 4.02. The summed E-state index contributed by atoms with van der Waals surface area (Å²) < 4.78 is 38.5. The van der Waals surface area contributed by atoms with Crippen molar-refractivity contribution in [2.75, 3.05) is 11.9 Å². The molecule has 1 aliphatic rings. The van der Waals surface area contributed by atoms with E-state index in [1.165, 1.54) is 13.0 Å². The third-order valence-electron chi connectivity index (χ3n) is 3.85. The van der Waals surface area contributed by atoms with Crippen molar-refractivity contribution < 1.29 is 18.4 Å². The lowest BCUT2D eigenvalue weighted by atomic mass is 10.0. The van der Waals surface area contributed by atoms with Crippen molar-refractivity contribution in [3.63, 3.8) is 0 Å². The van der Waals surface area contributed by atoms with Gasteiger partial charge in [0.25, 0.3) is 0 Å². The van der Waals surface area contributed by atoms with Crippen molar-refractivity contribution in [1.29, 1.82) is 0 Å². The van der Waals surface area contributed by atoms with Gasteiger partial charge in [0.2, 0.25) is 0 Å². The van der Waals surface area contributed by atoms with Gasteiger partial charge in [-0.05, 0) is 42.9 Å². The number of hydrogen-bond donors (Lipinski definition) is 3. The van der Waals surface area contributed by atoms with Gasteiger partial charge in [0, 0.05) is 18.7 Å². The summed E-state index contributed by atoms with van der Waals surface area (Å²) in [6.07, 6.45) is -2.09. The van der Waals surface area contributed by atoms with Gasteiger partial charge in [-0.2, -0.15) is 13.2 Å². The van der Waals surface area contributed by atoms with Gasteiger partial charge in [-0.25, -0.2) is 0 Å². The summed E-state index contributed by atoms with van der Waals surface area (Å²) in [7, 11) is 0. The van der Waals surface area contributed by atoms with Gasteiger partial charge in [0.1, 0.15) is 5.84 Å². The lowest BCUT2D eigenvalue weighted by Crippen LogP contribution is -2.23. The summed E-state index contributed by atoms with van der Waals surface area (Å²) in [6.45, 7) is 1.94. The van der Waals surface area contributed by atoms with Crippen LogP contribution in [0.25, 0.3) is 0 Å².